The quantitative estimate of drug-likeness (QED) is 0.767. The summed E-state index contributed by atoms with van der Waals surface area (Å²) < 4.78 is 48.6. The van der Waals surface area contributed by atoms with Gasteiger partial charge in [0.25, 0.3) is 0 Å². The van der Waals surface area contributed by atoms with Crippen molar-refractivity contribution in [2.75, 3.05) is 14.2 Å². The first-order chi connectivity index (χ1) is 8.37. The van der Waals surface area contributed by atoms with Crippen molar-refractivity contribution in [3.63, 3.8) is 0 Å². The molecule has 0 aliphatic carbocycles. The molecule has 0 saturated heterocycles. The number of hydrogen-bond donors (Lipinski definition) is 0. The number of hydrogen-bond acceptors (Lipinski definition) is 2. The van der Waals surface area contributed by atoms with Crippen molar-refractivity contribution in [2.24, 2.45) is 0 Å². The van der Waals surface area contributed by atoms with Crippen LogP contribution in [0.25, 0.3) is 0 Å². The predicted molar refractivity (Wildman–Crippen MR) is 65.4 cm³/mol. The van der Waals surface area contributed by atoms with Crippen LogP contribution in [-0.2, 0) is 21.1 Å². The van der Waals surface area contributed by atoms with E-state index in [0.29, 0.717) is 17.7 Å². The molecule has 0 aliphatic heterocycles. The molecule has 0 radical (unpaired) electrons. The van der Waals surface area contributed by atoms with E-state index >= 15 is 0 Å². The highest BCUT2D eigenvalue weighted by molar-refractivity contribution is 6.66. The smallest absolute Gasteiger partial charge is 0.397 e. The van der Waals surface area contributed by atoms with Crippen LogP contribution in [0.1, 0.15) is 18.1 Å². The lowest BCUT2D eigenvalue weighted by atomic mass is 10.1. The number of rotatable bonds is 5. The van der Waals surface area contributed by atoms with Crippen molar-refractivity contribution in [3.8, 4) is 0 Å². The highest BCUT2D eigenvalue weighted by Gasteiger charge is 2.35. The fourth-order valence-corrected chi connectivity index (χ4v) is 3.93. The van der Waals surface area contributed by atoms with E-state index in [9.17, 15) is 13.2 Å². The van der Waals surface area contributed by atoms with Gasteiger partial charge in [-0.1, -0.05) is 25.1 Å². The Morgan fingerprint density at radius 2 is 1.78 bits per heavy atom. The maximum atomic E-state index is 12.6. The Bertz CT molecular complexity index is 381. The summed E-state index contributed by atoms with van der Waals surface area (Å²) in [6.07, 6.45) is -4.31. The van der Waals surface area contributed by atoms with Gasteiger partial charge in [0, 0.05) is 20.3 Å². The fourth-order valence-electron chi connectivity index (χ4n) is 1.81. The molecule has 0 aliphatic rings. The van der Waals surface area contributed by atoms with Crippen LogP contribution in [0.5, 0.6) is 0 Å². The topological polar surface area (TPSA) is 18.5 Å². The lowest BCUT2D eigenvalue weighted by Crippen LogP contribution is -2.42. The van der Waals surface area contributed by atoms with Crippen molar-refractivity contribution in [1.29, 1.82) is 0 Å². The molecule has 0 amide bonds. The second-order valence-corrected chi connectivity index (χ2v) is 7.75. The molecule has 6 heteroatoms. The van der Waals surface area contributed by atoms with E-state index < -0.39 is 20.3 Å². The molecule has 0 heterocycles. The second kappa shape index (κ2) is 5.86. The van der Waals surface area contributed by atoms with Crippen LogP contribution in [0.2, 0.25) is 6.04 Å². The SMILES string of the molecule is CC[Si](Cc1cccc(C(F)(F)F)c1)(OC)OC. The monoisotopic (exact) mass is 278 g/mol. The van der Waals surface area contributed by atoms with E-state index in [-0.39, 0.29) is 0 Å². The van der Waals surface area contributed by atoms with Crippen molar-refractivity contribution >= 4 is 8.56 Å². The van der Waals surface area contributed by atoms with Gasteiger partial charge in [-0.15, -0.1) is 0 Å². The number of benzene rings is 1. The molecule has 0 saturated carbocycles. The average Bonchev–Trinajstić information content (AvgIpc) is 2.35. The Morgan fingerprint density at radius 3 is 2.22 bits per heavy atom. The van der Waals surface area contributed by atoms with Crippen molar-refractivity contribution < 1.29 is 22.0 Å². The normalized spacial score (nSPS) is 12.8. The first kappa shape index (κ1) is 15.2. The molecule has 0 N–H and O–H groups in total. The highest BCUT2D eigenvalue weighted by Crippen LogP contribution is 2.30. The minimum Gasteiger partial charge on any atom is -0.397 e. The molecule has 2 nitrogen and oxygen atoms in total. The molecular weight excluding hydrogens is 261 g/mol. The molecule has 1 aromatic carbocycles. The van der Waals surface area contributed by atoms with Gasteiger partial charge in [-0.05, 0) is 17.7 Å². The van der Waals surface area contributed by atoms with Crippen LogP contribution < -0.4 is 0 Å². The zero-order valence-electron chi connectivity index (χ0n) is 10.7. The second-order valence-electron chi connectivity index (χ2n) is 4.05. The lowest BCUT2D eigenvalue weighted by molar-refractivity contribution is -0.137. The molecule has 0 aromatic heterocycles. The molecule has 0 atom stereocenters. The largest absolute Gasteiger partial charge is 0.416 e. The molecule has 102 valence electrons. The maximum absolute atomic E-state index is 12.6. The Labute approximate surface area is 106 Å². The molecule has 1 aromatic rings. The molecule has 18 heavy (non-hydrogen) atoms. The standard InChI is InChI=1S/C12H17F3O2Si/c1-4-18(16-2,17-3)9-10-6-5-7-11(8-10)12(13,14)15/h5-8H,4,9H2,1-3H3. The fraction of sp³-hybridized carbons (Fsp3) is 0.500. The third-order valence-electron chi connectivity index (χ3n) is 3.01. The Morgan fingerprint density at radius 1 is 1.17 bits per heavy atom. The van der Waals surface area contributed by atoms with E-state index in [1.807, 2.05) is 6.92 Å². The van der Waals surface area contributed by atoms with E-state index in [2.05, 4.69) is 0 Å². The zero-order valence-corrected chi connectivity index (χ0v) is 11.7. The minimum absolute atomic E-state index is 0.417. The molecule has 0 spiro atoms. The Kier molecular flexibility index (Phi) is 4.95. The Balaban J connectivity index is 2.98. The van der Waals surface area contributed by atoms with Crippen LogP contribution in [0.4, 0.5) is 13.2 Å². The summed E-state index contributed by atoms with van der Waals surface area (Å²) in [5.74, 6) is 0. The van der Waals surface area contributed by atoms with Gasteiger partial charge in [-0.2, -0.15) is 13.2 Å². The number of alkyl halides is 3. The lowest BCUT2D eigenvalue weighted by Gasteiger charge is -2.26. The van der Waals surface area contributed by atoms with Crippen molar-refractivity contribution in [1.82, 2.24) is 0 Å². The summed E-state index contributed by atoms with van der Waals surface area (Å²) >= 11 is 0. The molecular formula is C12H17F3O2Si. The summed E-state index contributed by atoms with van der Waals surface area (Å²) in [6.45, 7) is 1.92. The average molecular weight is 278 g/mol. The molecule has 1 rings (SSSR count). The third-order valence-corrected chi connectivity index (χ3v) is 6.52. The van der Waals surface area contributed by atoms with Crippen LogP contribution in [0.15, 0.2) is 24.3 Å². The van der Waals surface area contributed by atoms with Gasteiger partial charge in [0.2, 0.25) is 0 Å². The van der Waals surface area contributed by atoms with Gasteiger partial charge >= 0.3 is 14.7 Å². The van der Waals surface area contributed by atoms with Crippen LogP contribution in [0, 0.1) is 0 Å². The highest BCUT2D eigenvalue weighted by atomic mass is 28.4. The first-order valence-corrected chi connectivity index (χ1v) is 7.86. The predicted octanol–water partition coefficient (Wildman–Crippen LogP) is 3.54. The molecule has 0 fully saturated rings. The Hall–Kier alpha value is -0.853. The third kappa shape index (κ3) is 3.57. The van der Waals surface area contributed by atoms with Gasteiger partial charge in [-0.25, -0.2) is 0 Å². The van der Waals surface area contributed by atoms with Gasteiger partial charge in [0.1, 0.15) is 0 Å². The van der Waals surface area contributed by atoms with E-state index in [1.54, 1.807) is 20.3 Å². The van der Waals surface area contributed by atoms with Gasteiger partial charge in [0.05, 0.1) is 5.56 Å². The van der Waals surface area contributed by atoms with Crippen LogP contribution >= 0.6 is 0 Å². The van der Waals surface area contributed by atoms with Crippen LogP contribution in [0.3, 0.4) is 0 Å². The molecule has 0 unspecified atom stereocenters. The number of halogens is 3. The van der Waals surface area contributed by atoms with Crippen molar-refractivity contribution in [3.05, 3.63) is 35.4 Å². The van der Waals surface area contributed by atoms with Gasteiger partial charge < -0.3 is 8.85 Å². The summed E-state index contributed by atoms with van der Waals surface area (Å²) in [5, 5.41) is 0. The summed E-state index contributed by atoms with van der Waals surface area (Å²) in [5.41, 5.74) is -0.0340. The van der Waals surface area contributed by atoms with Gasteiger partial charge in [-0.3, -0.25) is 0 Å². The van der Waals surface area contributed by atoms with Crippen LogP contribution in [-0.4, -0.2) is 22.8 Å². The van der Waals surface area contributed by atoms with E-state index in [1.165, 1.54) is 6.07 Å². The zero-order chi connectivity index (χ0) is 13.8. The molecule has 0 bridgehead atoms. The van der Waals surface area contributed by atoms with Gasteiger partial charge in [0.15, 0.2) is 0 Å². The summed E-state index contributed by atoms with van der Waals surface area (Å²) in [4.78, 5) is 0. The first-order valence-electron chi connectivity index (χ1n) is 5.63. The van der Waals surface area contributed by atoms with E-state index in [4.69, 9.17) is 8.85 Å². The maximum Gasteiger partial charge on any atom is 0.416 e. The summed E-state index contributed by atoms with van der Waals surface area (Å²) in [6, 6.07) is 6.42. The minimum atomic E-state index is -4.31. The van der Waals surface area contributed by atoms with E-state index in [0.717, 1.165) is 12.1 Å². The van der Waals surface area contributed by atoms with Crippen molar-refractivity contribution in [2.45, 2.75) is 25.2 Å². The summed E-state index contributed by atoms with van der Waals surface area (Å²) in [7, 11) is 0.689.